The normalized spacial score (nSPS) is 12.8. The van der Waals surface area contributed by atoms with Crippen molar-refractivity contribution in [3.63, 3.8) is 0 Å². The predicted molar refractivity (Wildman–Crippen MR) is 102 cm³/mol. The van der Waals surface area contributed by atoms with Gasteiger partial charge >= 0.3 is 0 Å². The molecule has 1 rings (SSSR count). The molecular formula is C18H30N2O6S. The maximum absolute atomic E-state index is 12.6. The van der Waals surface area contributed by atoms with Gasteiger partial charge in [0.2, 0.25) is 15.9 Å². The van der Waals surface area contributed by atoms with Gasteiger partial charge in [-0.1, -0.05) is 13.8 Å². The minimum absolute atomic E-state index is 0.0771. The number of sulfonamides is 1. The van der Waals surface area contributed by atoms with Crippen molar-refractivity contribution in [3.8, 4) is 5.75 Å². The molecule has 1 aromatic carbocycles. The Morgan fingerprint density at radius 3 is 2.30 bits per heavy atom. The molecule has 8 nitrogen and oxygen atoms in total. The quantitative estimate of drug-likeness (QED) is 0.480. The van der Waals surface area contributed by atoms with Gasteiger partial charge in [-0.2, -0.15) is 4.72 Å². The van der Waals surface area contributed by atoms with Gasteiger partial charge in [0, 0.05) is 20.3 Å². The lowest BCUT2D eigenvalue weighted by Gasteiger charge is -2.21. The van der Waals surface area contributed by atoms with Crippen LogP contribution in [0.15, 0.2) is 29.2 Å². The van der Waals surface area contributed by atoms with Crippen molar-refractivity contribution in [2.75, 3.05) is 40.6 Å². The second kappa shape index (κ2) is 11.9. The zero-order chi connectivity index (χ0) is 20.3. The standard InChI is InChI=1S/C18H30N2O6S/c1-14(2)17(18(21)19-10-5-11-26-13-12-24-3)20-27(22,23)16-8-6-15(25-4)7-9-16/h6-9,14,17,20H,5,10-13H2,1-4H3,(H,19,21)/t17-/m0/s1. The molecule has 0 heterocycles. The van der Waals surface area contributed by atoms with Crippen LogP contribution < -0.4 is 14.8 Å². The minimum Gasteiger partial charge on any atom is -0.497 e. The lowest BCUT2D eigenvalue weighted by Crippen LogP contribution is -2.49. The first-order valence-corrected chi connectivity index (χ1v) is 10.3. The first-order chi connectivity index (χ1) is 12.8. The fourth-order valence-electron chi connectivity index (χ4n) is 2.22. The van der Waals surface area contributed by atoms with Gasteiger partial charge in [0.15, 0.2) is 0 Å². The summed E-state index contributed by atoms with van der Waals surface area (Å²) in [5, 5.41) is 2.75. The molecule has 1 aromatic rings. The SMILES string of the molecule is COCCOCCCNC(=O)[C@@H](NS(=O)(=O)c1ccc(OC)cc1)C(C)C. The molecule has 0 aliphatic carbocycles. The third-order valence-corrected chi connectivity index (χ3v) is 5.25. The van der Waals surface area contributed by atoms with Gasteiger partial charge in [-0.15, -0.1) is 0 Å². The average molecular weight is 403 g/mol. The molecule has 0 fully saturated rings. The fraction of sp³-hybridized carbons (Fsp3) is 0.611. The van der Waals surface area contributed by atoms with E-state index in [0.29, 0.717) is 38.5 Å². The number of hydrogen-bond donors (Lipinski definition) is 2. The van der Waals surface area contributed by atoms with E-state index in [1.165, 1.54) is 19.2 Å². The Balaban J connectivity index is 2.59. The smallest absolute Gasteiger partial charge is 0.241 e. The Morgan fingerprint density at radius 2 is 1.74 bits per heavy atom. The summed E-state index contributed by atoms with van der Waals surface area (Å²) in [6.07, 6.45) is 0.630. The van der Waals surface area contributed by atoms with Gasteiger partial charge in [-0.05, 0) is 36.6 Å². The number of benzene rings is 1. The summed E-state index contributed by atoms with van der Waals surface area (Å²) in [5.41, 5.74) is 0. The van der Waals surface area contributed by atoms with Gasteiger partial charge in [-0.25, -0.2) is 8.42 Å². The largest absolute Gasteiger partial charge is 0.497 e. The maximum Gasteiger partial charge on any atom is 0.241 e. The molecule has 27 heavy (non-hydrogen) atoms. The van der Waals surface area contributed by atoms with E-state index in [-0.39, 0.29) is 16.7 Å². The molecule has 0 bridgehead atoms. The summed E-state index contributed by atoms with van der Waals surface area (Å²) in [5.74, 6) is -0.0187. The van der Waals surface area contributed by atoms with Crippen LogP contribution in [-0.4, -0.2) is 61.0 Å². The number of ether oxygens (including phenoxy) is 3. The van der Waals surface area contributed by atoms with E-state index < -0.39 is 16.1 Å². The Labute approximate surface area is 161 Å². The number of hydrogen-bond acceptors (Lipinski definition) is 6. The van der Waals surface area contributed by atoms with E-state index in [4.69, 9.17) is 14.2 Å². The van der Waals surface area contributed by atoms with Crippen molar-refractivity contribution in [2.24, 2.45) is 5.92 Å². The molecule has 0 unspecified atom stereocenters. The topological polar surface area (TPSA) is 103 Å². The van der Waals surface area contributed by atoms with Gasteiger partial charge in [0.05, 0.1) is 25.2 Å². The monoisotopic (exact) mass is 402 g/mol. The number of methoxy groups -OCH3 is 2. The Bertz CT molecular complexity index is 661. The molecule has 2 N–H and O–H groups in total. The number of rotatable bonds is 13. The van der Waals surface area contributed by atoms with Crippen LogP contribution in [0.4, 0.5) is 0 Å². The van der Waals surface area contributed by atoms with Crippen LogP contribution in [0.2, 0.25) is 0 Å². The molecule has 0 saturated heterocycles. The van der Waals surface area contributed by atoms with Gasteiger partial charge in [0.1, 0.15) is 11.8 Å². The number of carbonyl (C=O) groups excluding carboxylic acids is 1. The van der Waals surface area contributed by atoms with E-state index in [1.807, 2.05) is 0 Å². The van der Waals surface area contributed by atoms with Gasteiger partial charge in [-0.3, -0.25) is 4.79 Å². The predicted octanol–water partition coefficient (Wildman–Crippen LogP) is 1.17. The van der Waals surface area contributed by atoms with Gasteiger partial charge in [0.25, 0.3) is 0 Å². The molecule has 0 saturated carbocycles. The van der Waals surface area contributed by atoms with Crippen molar-refractivity contribution in [2.45, 2.75) is 31.2 Å². The number of nitrogens with one attached hydrogen (secondary N) is 2. The summed E-state index contributed by atoms with van der Waals surface area (Å²) in [7, 11) is -0.722. The summed E-state index contributed by atoms with van der Waals surface area (Å²) in [6.45, 7) is 5.49. The van der Waals surface area contributed by atoms with E-state index in [2.05, 4.69) is 10.0 Å². The summed E-state index contributed by atoms with van der Waals surface area (Å²) >= 11 is 0. The fourth-order valence-corrected chi connectivity index (χ4v) is 3.57. The molecule has 0 radical (unpaired) electrons. The van der Waals surface area contributed by atoms with E-state index in [0.717, 1.165) is 0 Å². The van der Waals surface area contributed by atoms with Crippen LogP contribution in [0.1, 0.15) is 20.3 Å². The van der Waals surface area contributed by atoms with Crippen molar-refractivity contribution in [1.82, 2.24) is 10.0 Å². The van der Waals surface area contributed by atoms with Crippen LogP contribution in [0.25, 0.3) is 0 Å². The van der Waals surface area contributed by atoms with E-state index >= 15 is 0 Å². The maximum atomic E-state index is 12.6. The molecule has 0 aliphatic rings. The van der Waals surface area contributed by atoms with Crippen LogP contribution >= 0.6 is 0 Å². The Morgan fingerprint density at radius 1 is 1.07 bits per heavy atom. The Hall–Kier alpha value is -1.68. The summed E-state index contributed by atoms with van der Waals surface area (Å²) in [4.78, 5) is 12.5. The lowest BCUT2D eigenvalue weighted by atomic mass is 10.1. The van der Waals surface area contributed by atoms with Crippen molar-refractivity contribution in [3.05, 3.63) is 24.3 Å². The first-order valence-electron chi connectivity index (χ1n) is 8.82. The molecular weight excluding hydrogens is 372 g/mol. The van der Waals surface area contributed by atoms with Crippen LogP contribution in [0.3, 0.4) is 0 Å². The average Bonchev–Trinajstić information content (AvgIpc) is 2.65. The second-order valence-corrected chi connectivity index (χ2v) is 7.98. The highest BCUT2D eigenvalue weighted by molar-refractivity contribution is 7.89. The highest BCUT2D eigenvalue weighted by Gasteiger charge is 2.28. The number of amides is 1. The Kier molecular flexibility index (Phi) is 10.3. The second-order valence-electron chi connectivity index (χ2n) is 6.27. The van der Waals surface area contributed by atoms with E-state index in [1.54, 1.807) is 33.1 Å². The zero-order valence-electron chi connectivity index (χ0n) is 16.4. The van der Waals surface area contributed by atoms with Crippen molar-refractivity contribution >= 4 is 15.9 Å². The molecule has 1 atom stereocenters. The van der Waals surface area contributed by atoms with Crippen molar-refractivity contribution in [1.29, 1.82) is 0 Å². The molecule has 0 aromatic heterocycles. The third kappa shape index (κ3) is 8.25. The van der Waals surface area contributed by atoms with E-state index in [9.17, 15) is 13.2 Å². The summed E-state index contributed by atoms with van der Waals surface area (Å²) in [6, 6.07) is 5.12. The van der Waals surface area contributed by atoms with Crippen LogP contribution in [0, 0.1) is 5.92 Å². The van der Waals surface area contributed by atoms with Crippen molar-refractivity contribution < 1.29 is 27.4 Å². The highest BCUT2D eigenvalue weighted by Crippen LogP contribution is 2.16. The first kappa shape index (κ1) is 23.4. The van der Waals surface area contributed by atoms with Crippen LogP contribution in [-0.2, 0) is 24.3 Å². The molecule has 1 amide bonds. The lowest BCUT2D eigenvalue weighted by molar-refractivity contribution is -0.123. The van der Waals surface area contributed by atoms with Crippen LogP contribution in [0.5, 0.6) is 5.75 Å². The number of carbonyl (C=O) groups is 1. The molecule has 154 valence electrons. The third-order valence-electron chi connectivity index (χ3n) is 3.80. The zero-order valence-corrected chi connectivity index (χ0v) is 17.2. The molecule has 9 heteroatoms. The van der Waals surface area contributed by atoms with Gasteiger partial charge < -0.3 is 19.5 Å². The summed E-state index contributed by atoms with van der Waals surface area (Å²) < 4.78 is 42.8. The highest BCUT2D eigenvalue weighted by atomic mass is 32.2. The minimum atomic E-state index is -3.83. The molecule has 0 spiro atoms. The molecule has 0 aliphatic heterocycles.